The van der Waals surface area contributed by atoms with E-state index in [0.717, 1.165) is 5.56 Å². The van der Waals surface area contributed by atoms with Crippen LogP contribution in [0.3, 0.4) is 0 Å². The monoisotopic (exact) mass is 170 g/mol. The van der Waals surface area contributed by atoms with Crippen molar-refractivity contribution in [1.29, 1.82) is 0 Å². The standard InChI is InChI=1S/C11H10N2/c1-12-8-10-5-3-4-9-6-7-13(2)11(9)10/h3-7H,8H2,2H3. The van der Waals surface area contributed by atoms with Crippen molar-refractivity contribution in [2.75, 3.05) is 0 Å². The molecule has 0 fully saturated rings. The van der Waals surface area contributed by atoms with Crippen LogP contribution in [0, 0.1) is 6.57 Å². The maximum Gasteiger partial charge on any atom is 0.241 e. The highest BCUT2D eigenvalue weighted by molar-refractivity contribution is 5.83. The number of rotatable bonds is 1. The first-order chi connectivity index (χ1) is 6.33. The molecule has 0 aliphatic carbocycles. The molecule has 2 aromatic rings. The maximum atomic E-state index is 6.85. The van der Waals surface area contributed by atoms with E-state index in [9.17, 15) is 0 Å². The first kappa shape index (κ1) is 7.88. The van der Waals surface area contributed by atoms with Crippen LogP contribution < -0.4 is 0 Å². The lowest BCUT2D eigenvalue weighted by molar-refractivity contribution is 0.960. The molecule has 0 aliphatic rings. The van der Waals surface area contributed by atoms with Gasteiger partial charge in [0.15, 0.2) is 0 Å². The zero-order chi connectivity index (χ0) is 9.26. The Labute approximate surface area is 77.2 Å². The smallest absolute Gasteiger partial charge is 0.241 e. The number of para-hydroxylation sites is 1. The van der Waals surface area contributed by atoms with Crippen LogP contribution in [0.5, 0.6) is 0 Å². The first-order valence-electron chi connectivity index (χ1n) is 4.19. The van der Waals surface area contributed by atoms with Gasteiger partial charge in [-0.25, -0.2) is 6.57 Å². The molecule has 1 aromatic heterocycles. The summed E-state index contributed by atoms with van der Waals surface area (Å²) in [5.74, 6) is 0. The molecule has 2 nitrogen and oxygen atoms in total. The molecule has 13 heavy (non-hydrogen) atoms. The minimum Gasteiger partial charge on any atom is -0.350 e. The molecule has 0 atom stereocenters. The van der Waals surface area contributed by atoms with Gasteiger partial charge in [-0.05, 0) is 12.1 Å². The number of fused-ring (bicyclic) bond motifs is 1. The molecule has 0 radical (unpaired) electrons. The number of aromatic nitrogens is 1. The van der Waals surface area contributed by atoms with Crippen LogP contribution in [0.25, 0.3) is 15.7 Å². The van der Waals surface area contributed by atoms with Gasteiger partial charge in [0.05, 0.1) is 11.1 Å². The van der Waals surface area contributed by atoms with Crippen molar-refractivity contribution in [3.05, 3.63) is 47.4 Å². The molecule has 1 aromatic carbocycles. The fourth-order valence-corrected chi connectivity index (χ4v) is 1.66. The SMILES string of the molecule is [C-]#[N+]Cc1cccc2ccn(C)c12. The normalized spacial score (nSPS) is 10.2. The molecule has 2 heteroatoms. The third-order valence-electron chi connectivity index (χ3n) is 2.23. The van der Waals surface area contributed by atoms with Crippen LogP contribution in [0.15, 0.2) is 30.5 Å². The third-order valence-corrected chi connectivity index (χ3v) is 2.23. The van der Waals surface area contributed by atoms with Gasteiger partial charge in [0.25, 0.3) is 0 Å². The number of hydrogen-bond donors (Lipinski definition) is 0. The Morgan fingerprint density at radius 1 is 1.38 bits per heavy atom. The summed E-state index contributed by atoms with van der Waals surface area (Å²) in [6, 6.07) is 8.16. The van der Waals surface area contributed by atoms with Gasteiger partial charge >= 0.3 is 0 Å². The molecule has 0 amide bonds. The maximum absolute atomic E-state index is 6.85. The Balaban J connectivity index is 2.74. The predicted octanol–water partition coefficient (Wildman–Crippen LogP) is 2.60. The van der Waals surface area contributed by atoms with E-state index in [1.54, 1.807) is 0 Å². The molecular formula is C11H10N2. The topological polar surface area (TPSA) is 9.29 Å². The van der Waals surface area contributed by atoms with Crippen LogP contribution in [-0.2, 0) is 13.6 Å². The third kappa shape index (κ3) is 1.19. The Hall–Kier alpha value is -1.75. The largest absolute Gasteiger partial charge is 0.350 e. The van der Waals surface area contributed by atoms with Crippen molar-refractivity contribution in [1.82, 2.24) is 4.57 Å². The quantitative estimate of drug-likeness (QED) is 0.582. The van der Waals surface area contributed by atoms with E-state index in [4.69, 9.17) is 6.57 Å². The average molecular weight is 170 g/mol. The highest BCUT2D eigenvalue weighted by Crippen LogP contribution is 2.19. The van der Waals surface area contributed by atoms with Gasteiger partial charge in [0.2, 0.25) is 6.54 Å². The molecule has 0 aliphatic heterocycles. The summed E-state index contributed by atoms with van der Waals surface area (Å²) in [7, 11) is 2.01. The second-order valence-electron chi connectivity index (χ2n) is 3.10. The molecule has 1 heterocycles. The lowest BCUT2D eigenvalue weighted by Crippen LogP contribution is -1.89. The van der Waals surface area contributed by atoms with E-state index in [-0.39, 0.29) is 0 Å². The van der Waals surface area contributed by atoms with E-state index < -0.39 is 0 Å². The number of aryl methyl sites for hydroxylation is 1. The summed E-state index contributed by atoms with van der Waals surface area (Å²) in [6.07, 6.45) is 2.03. The zero-order valence-corrected chi connectivity index (χ0v) is 7.49. The molecule has 0 saturated heterocycles. The summed E-state index contributed by atoms with van der Waals surface area (Å²) in [4.78, 5) is 3.41. The molecule has 0 spiro atoms. The Morgan fingerprint density at radius 2 is 2.23 bits per heavy atom. The average Bonchev–Trinajstić information content (AvgIpc) is 2.50. The molecule has 0 bridgehead atoms. The van der Waals surface area contributed by atoms with Crippen LogP contribution in [0.2, 0.25) is 0 Å². The predicted molar refractivity (Wildman–Crippen MR) is 53.2 cm³/mol. The van der Waals surface area contributed by atoms with Crippen molar-refractivity contribution >= 4 is 10.9 Å². The lowest BCUT2D eigenvalue weighted by Gasteiger charge is -1.99. The molecule has 64 valence electrons. The van der Waals surface area contributed by atoms with Crippen molar-refractivity contribution in [3.8, 4) is 0 Å². The Bertz CT molecular complexity index is 474. The van der Waals surface area contributed by atoms with Gasteiger partial charge in [-0.2, -0.15) is 0 Å². The molecule has 0 N–H and O–H groups in total. The van der Waals surface area contributed by atoms with Crippen molar-refractivity contribution in [2.45, 2.75) is 6.54 Å². The summed E-state index contributed by atoms with van der Waals surface area (Å²) >= 11 is 0. The van der Waals surface area contributed by atoms with Crippen molar-refractivity contribution < 1.29 is 0 Å². The second kappa shape index (κ2) is 2.95. The van der Waals surface area contributed by atoms with Gasteiger partial charge in [-0.15, -0.1) is 0 Å². The van der Waals surface area contributed by atoms with Crippen LogP contribution in [0.4, 0.5) is 0 Å². The summed E-state index contributed by atoms with van der Waals surface area (Å²) in [5.41, 5.74) is 2.29. The lowest BCUT2D eigenvalue weighted by atomic mass is 10.1. The fraction of sp³-hybridized carbons (Fsp3) is 0.182. The fourth-order valence-electron chi connectivity index (χ4n) is 1.66. The minimum atomic E-state index is 0.467. The van der Waals surface area contributed by atoms with E-state index in [2.05, 4.69) is 21.5 Å². The van der Waals surface area contributed by atoms with E-state index >= 15 is 0 Å². The van der Waals surface area contributed by atoms with Crippen LogP contribution >= 0.6 is 0 Å². The van der Waals surface area contributed by atoms with Crippen molar-refractivity contribution in [3.63, 3.8) is 0 Å². The molecule has 0 unspecified atom stereocenters. The van der Waals surface area contributed by atoms with Gasteiger partial charge < -0.3 is 9.41 Å². The number of benzene rings is 1. The van der Waals surface area contributed by atoms with E-state index in [0.29, 0.717) is 6.54 Å². The molecule has 0 saturated carbocycles. The van der Waals surface area contributed by atoms with Gasteiger partial charge in [0.1, 0.15) is 0 Å². The Morgan fingerprint density at radius 3 is 3.00 bits per heavy atom. The second-order valence-corrected chi connectivity index (χ2v) is 3.10. The van der Waals surface area contributed by atoms with Gasteiger partial charge in [-0.1, -0.05) is 12.1 Å². The van der Waals surface area contributed by atoms with E-state index in [1.165, 1.54) is 10.9 Å². The van der Waals surface area contributed by atoms with Crippen LogP contribution in [0.1, 0.15) is 5.56 Å². The molecular weight excluding hydrogens is 160 g/mol. The van der Waals surface area contributed by atoms with Crippen LogP contribution in [-0.4, -0.2) is 4.57 Å². The van der Waals surface area contributed by atoms with Gasteiger partial charge in [0, 0.05) is 18.6 Å². The summed E-state index contributed by atoms with van der Waals surface area (Å²) in [6.45, 7) is 7.32. The molecule has 2 rings (SSSR count). The number of nitrogens with zero attached hydrogens (tertiary/aromatic N) is 2. The van der Waals surface area contributed by atoms with Gasteiger partial charge in [-0.3, -0.25) is 0 Å². The summed E-state index contributed by atoms with van der Waals surface area (Å²) in [5, 5.41) is 1.21. The first-order valence-corrected chi connectivity index (χ1v) is 4.19. The highest BCUT2D eigenvalue weighted by Gasteiger charge is 2.04. The van der Waals surface area contributed by atoms with Crippen molar-refractivity contribution in [2.24, 2.45) is 7.05 Å². The highest BCUT2D eigenvalue weighted by atomic mass is 14.9. The van der Waals surface area contributed by atoms with E-state index in [1.807, 2.05) is 25.4 Å². The zero-order valence-electron chi connectivity index (χ0n) is 7.49. The Kier molecular flexibility index (Phi) is 1.79. The summed E-state index contributed by atoms with van der Waals surface area (Å²) < 4.78 is 2.07. The number of hydrogen-bond acceptors (Lipinski definition) is 0. The minimum absolute atomic E-state index is 0.467.